The Morgan fingerprint density at radius 1 is 1.04 bits per heavy atom. The molecule has 140 valence electrons. The average molecular weight is 375 g/mol. The number of amides is 1. The number of hydrogen-bond donors (Lipinski definition) is 1. The van der Waals surface area contributed by atoms with Crippen molar-refractivity contribution in [2.75, 3.05) is 18.4 Å². The molecule has 0 heterocycles. The number of nitrogens with zero attached hydrogens (tertiary/aromatic N) is 1. The average Bonchev–Trinajstić information content (AvgIpc) is 2.62. The van der Waals surface area contributed by atoms with Crippen molar-refractivity contribution in [3.05, 3.63) is 59.7 Å². The molecule has 0 aliphatic heterocycles. The van der Waals surface area contributed by atoms with Crippen LogP contribution < -0.4 is 5.32 Å². The summed E-state index contributed by atoms with van der Waals surface area (Å²) in [5.74, 6) is 0.106. The Kier molecular flexibility index (Phi) is 6.56. The quantitative estimate of drug-likeness (QED) is 0.794. The highest BCUT2D eigenvalue weighted by Crippen LogP contribution is 2.20. The summed E-state index contributed by atoms with van der Waals surface area (Å²) in [4.78, 5) is 12.6. The Balaban J connectivity index is 2.18. The zero-order valence-electron chi connectivity index (χ0n) is 15.7. The Morgan fingerprint density at radius 3 is 2.19 bits per heavy atom. The van der Waals surface area contributed by atoms with Crippen LogP contribution in [-0.2, 0) is 10.0 Å². The van der Waals surface area contributed by atoms with Crippen LogP contribution in [0.5, 0.6) is 0 Å². The molecule has 0 bridgehead atoms. The molecule has 0 aliphatic rings. The number of carbonyl (C=O) groups is 1. The minimum atomic E-state index is -3.52. The van der Waals surface area contributed by atoms with Crippen LogP contribution in [-0.4, -0.2) is 31.7 Å². The van der Waals surface area contributed by atoms with E-state index in [1.54, 1.807) is 13.8 Å². The standard InChI is InChI=1S/C20H26N2O3S/c1-5-22(6-2)26(24,25)19-12-10-16(11-13-19)20(23)21-18-9-7-8-17(14-18)15(3)4/h7-15H,5-6H2,1-4H3,(H,21,23). The monoisotopic (exact) mass is 374 g/mol. The van der Waals surface area contributed by atoms with Gasteiger partial charge in [-0.2, -0.15) is 4.31 Å². The summed E-state index contributed by atoms with van der Waals surface area (Å²) in [5.41, 5.74) is 2.28. The van der Waals surface area contributed by atoms with Gasteiger partial charge in [-0.3, -0.25) is 4.79 Å². The van der Waals surface area contributed by atoms with Crippen LogP contribution in [0.3, 0.4) is 0 Å². The molecular formula is C20H26N2O3S. The van der Waals surface area contributed by atoms with Crippen LogP contribution in [0, 0.1) is 0 Å². The van der Waals surface area contributed by atoms with Crippen molar-refractivity contribution in [3.8, 4) is 0 Å². The maximum absolute atomic E-state index is 12.5. The van der Waals surface area contributed by atoms with E-state index in [0.29, 0.717) is 24.6 Å². The van der Waals surface area contributed by atoms with Gasteiger partial charge in [0.15, 0.2) is 0 Å². The summed E-state index contributed by atoms with van der Waals surface area (Å²) in [7, 11) is -3.52. The zero-order valence-corrected chi connectivity index (χ0v) is 16.5. The number of anilines is 1. The predicted octanol–water partition coefficient (Wildman–Crippen LogP) is 4.09. The number of carbonyl (C=O) groups excluding carboxylic acids is 1. The van der Waals surface area contributed by atoms with Crippen molar-refractivity contribution in [1.29, 1.82) is 0 Å². The molecule has 26 heavy (non-hydrogen) atoms. The second kappa shape index (κ2) is 8.47. The van der Waals surface area contributed by atoms with Crippen LogP contribution in [0.1, 0.15) is 49.5 Å². The van der Waals surface area contributed by atoms with Gasteiger partial charge in [-0.1, -0.05) is 39.8 Å². The summed E-state index contributed by atoms with van der Waals surface area (Å²) < 4.78 is 26.4. The third-order valence-corrected chi connectivity index (χ3v) is 6.33. The van der Waals surface area contributed by atoms with Crippen LogP contribution in [0.4, 0.5) is 5.69 Å². The molecule has 1 N–H and O–H groups in total. The summed E-state index contributed by atoms with van der Waals surface area (Å²) in [6.07, 6.45) is 0. The topological polar surface area (TPSA) is 66.5 Å². The number of rotatable bonds is 7. The zero-order chi connectivity index (χ0) is 19.3. The van der Waals surface area contributed by atoms with E-state index in [1.807, 2.05) is 24.3 Å². The molecule has 5 nitrogen and oxygen atoms in total. The van der Waals surface area contributed by atoms with Gasteiger partial charge in [-0.15, -0.1) is 0 Å². The van der Waals surface area contributed by atoms with Crippen molar-refractivity contribution in [1.82, 2.24) is 4.31 Å². The van der Waals surface area contributed by atoms with Gasteiger partial charge in [0.1, 0.15) is 0 Å². The van der Waals surface area contributed by atoms with E-state index in [4.69, 9.17) is 0 Å². The van der Waals surface area contributed by atoms with Crippen molar-refractivity contribution in [2.24, 2.45) is 0 Å². The minimum Gasteiger partial charge on any atom is -0.322 e. The van der Waals surface area contributed by atoms with Gasteiger partial charge in [0, 0.05) is 24.3 Å². The van der Waals surface area contributed by atoms with E-state index in [9.17, 15) is 13.2 Å². The van der Waals surface area contributed by atoms with E-state index in [1.165, 1.54) is 28.6 Å². The molecule has 0 aromatic heterocycles. The largest absolute Gasteiger partial charge is 0.322 e. The summed E-state index contributed by atoms with van der Waals surface area (Å²) >= 11 is 0. The Labute approximate surface area is 156 Å². The van der Waals surface area contributed by atoms with E-state index in [0.717, 1.165) is 11.3 Å². The third-order valence-electron chi connectivity index (χ3n) is 4.27. The maximum Gasteiger partial charge on any atom is 0.255 e. The summed E-state index contributed by atoms with van der Waals surface area (Å²) in [6, 6.07) is 13.7. The first kappa shape index (κ1) is 20.1. The Morgan fingerprint density at radius 2 is 1.65 bits per heavy atom. The van der Waals surface area contributed by atoms with Crippen LogP contribution in [0.2, 0.25) is 0 Å². The van der Waals surface area contributed by atoms with E-state index in [-0.39, 0.29) is 10.8 Å². The number of benzene rings is 2. The summed E-state index contributed by atoms with van der Waals surface area (Å²) in [5, 5.41) is 2.86. The molecule has 0 radical (unpaired) electrons. The predicted molar refractivity (Wildman–Crippen MR) is 105 cm³/mol. The molecule has 0 saturated heterocycles. The molecule has 0 spiro atoms. The molecule has 6 heteroatoms. The lowest BCUT2D eigenvalue weighted by Gasteiger charge is -2.18. The molecular weight excluding hydrogens is 348 g/mol. The van der Waals surface area contributed by atoms with Gasteiger partial charge < -0.3 is 5.32 Å². The smallest absolute Gasteiger partial charge is 0.255 e. The van der Waals surface area contributed by atoms with Crippen LogP contribution in [0.25, 0.3) is 0 Å². The molecule has 0 saturated carbocycles. The number of sulfonamides is 1. The normalized spacial score (nSPS) is 11.8. The van der Waals surface area contributed by atoms with Gasteiger partial charge in [-0.25, -0.2) is 8.42 Å². The highest BCUT2D eigenvalue weighted by molar-refractivity contribution is 7.89. The van der Waals surface area contributed by atoms with Crippen LogP contribution >= 0.6 is 0 Å². The van der Waals surface area contributed by atoms with E-state index in [2.05, 4.69) is 19.2 Å². The molecule has 2 rings (SSSR count). The van der Waals surface area contributed by atoms with E-state index < -0.39 is 10.0 Å². The first-order valence-corrected chi connectivity index (χ1v) is 10.2. The number of nitrogens with one attached hydrogen (secondary N) is 1. The molecule has 0 atom stereocenters. The van der Waals surface area contributed by atoms with Crippen molar-refractivity contribution >= 4 is 21.6 Å². The molecule has 0 unspecified atom stereocenters. The molecule has 2 aromatic carbocycles. The Bertz CT molecular complexity index is 855. The van der Waals surface area contributed by atoms with Crippen molar-refractivity contribution in [3.63, 3.8) is 0 Å². The maximum atomic E-state index is 12.5. The summed E-state index contributed by atoms with van der Waals surface area (Å²) in [6.45, 7) is 8.61. The van der Waals surface area contributed by atoms with Gasteiger partial charge in [-0.05, 0) is 47.9 Å². The minimum absolute atomic E-state index is 0.194. The lowest BCUT2D eigenvalue weighted by atomic mass is 10.0. The molecule has 0 aliphatic carbocycles. The molecule has 2 aromatic rings. The second-order valence-electron chi connectivity index (χ2n) is 6.35. The van der Waals surface area contributed by atoms with Gasteiger partial charge in [0.2, 0.25) is 10.0 Å². The highest BCUT2D eigenvalue weighted by Gasteiger charge is 2.21. The van der Waals surface area contributed by atoms with Crippen molar-refractivity contribution in [2.45, 2.75) is 38.5 Å². The van der Waals surface area contributed by atoms with Crippen molar-refractivity contribution < 1.29 is 13.2 Å². The van der Waals surface area contributed by atoms with Gasteiger partial charge in [0.25, 0.3) is 5.91 Å². The van der Waals surface area contributed by atoms with Gasteiger partial charge in [0.05, 0.1) is 4.90 Å². The second-order valence-corrected chi connectivity index (χ2v) is 8.29. The number of hydrogen-bond acceptors (Lipinski definition) is 3. The van der Waals surface area contributed by atoms with E-state index >= 15 is 0 Å². The third kappa shape index (κ3) is 4.51. The Hall–Kier alpha value is -2.18. The fourth-order valence-corrected chi connectivity index (χ4v) is 4.13. The fourth-order valence-electron chi connectivity index (χ4n) is 2.67. The molecule has 1 amide bonds. The lowest BCUT2D eigenvalue weighted by molar-refractivity contribution is 0.102. The SMILES string of the molecule is CCN(CC)S(=O)(=O)c1ccc(C(=O)Nc2cccc(C(C)C)c2)cc1. The van der Waals surface area contributed by atoms with Crippen LogP contribution in [0.15, 0.2) is 53.4 Å². The first-order valence-electron chi connectivity index (χ1n) is 8.81. The van der Waals surface area contributed by atoms with Gasteiger partial charge >= 0.3 is 0 Å². The first-order chi connectivity index (χ1) is 12.3. The lowest BCUT2D eigenvalue weighted by Crippen LogP contribution is -2.30. The fraction of sp³-hybridized carbons (Fsp3) is 0.350. The molecule has 0 fully saturated rings. The highest BCUT2D eigenvalue weighted by atomic mass is 32.2.